The molecule has 3 rings (SSSR count). The van der Waals surface area contributed by atoms with Gasteiger partial charge in [-0.05, 0) is 57.0 Å². The minimum atomic E-state index is -0.261. The van der Waals surface area contributed by atoms with Crippen LogP contribution >= 0.6 is 0 Å². The fourth-order valence-corrected chi connectivity index (χ4v) is 4.65. The lowest BCUT2D eigenvalue weighted by atomic mass is 9.65. The third-order valence-electron chi connectivity index (χ3n) is 6.52. The summed E-state index contributed by atoms with van der Waals surface area (Å²) in [7, 11) is 1.72. The molecule has 1 saturated carbocycles. The van der Waals surface area contributed by atoms with E-state index in [9.17, 15) is 14.4 Å². The second-order valence-corrected chi connectivity index (χ2v) is 8.28. The van der Waals surface area contributed by atoms with E-state index in [0.29, 0.717) is 25.0 Å². The lowest BCUT2D eigenvalue weighted by molar-refractivity contribution is -0.128. The molecule has 7 nitrogen and oxygen atoms in total. The van der Waals surface area contributed by atoms with E-state index < -0.39 is 0 Å². The lowest BCUT2D eigenvalue weighted by Gasteiger charge is -2.42. The summed E-state index contributed by atoms with van der Waals surface area (Å²) in [6.45, 7) is 3.57. The zero-order chi connectivity index (χ0) is 18.6. The fraction of sp³-hybridized carbons (Fsp3) is 0.842. The number of hydrogen-bond acceptors (Lipinski definition) is 4. The number of carbonyl (C=O) groups is 3. The van der Waals surface area contributed by atoms with Gasteiger partial charge in [0.05, 0.1) is 5.92 Å². The van der Waals surface area contributed by atoms with E-state index in [1.54, 1.807) is 11.9 Å². The number of nitrogens with zero attached hydrogens (tertiary/aromatic N) is 1. The van der Waals surface area contributed by atoms with Crippen LogP contribution in [0.4, 0.5) is 0 Å². The van der Waals surface area contributed by atoms with Crippen LogP contribution < -0.4 is 16.0 Å². The molecule has 1 aliphatic carbocycles. The van der Waals surface area contributed by atoms with E-state index in [-0.39, 0.29) is 36.0 Å². The number of carbonyl (C=O) groups excluding carboxylic acids is 3. The Bertz CT molecular complexity index is 535. The van der Waals surface area contributed by atoms with Crippen molar-refractivity contribution in [3.05, 3.63) is 0 Å². The Balaban J connectivity index is 1.31. The van der Waals surface area contributed by atoms with Gasteiger partial charge >= 0.3 is 0 Å². The third kappa shape index (κ3) is 4.55. The number of piperidine rings is 1. The van der Waals surface area contributed by atoms with Crippen LogP contribution in [0.15, 0.2) is 0 Å². The minimum Gasteiger partial charge on any atom is -0.354 e. The van der Waals surface area contributed by atoms with Crippen LogP contribution in [0, 0.1) is 17.3 Å². The van der Waals surface area contributed by atoms with Crippen LogP contribution in [0.5, 0.6) is 0 Å². The highest BCUT2D eigenvalue weighted by Crippen LogP contribution is 2.45. The molecule has 0 aromatic carbocycles. The molecule has 0 bridgehead atoms. The van der Waals surface area contributed by atoms with Gasteiger partial charge in [0.2, 0.25) is 17.7 Å². The number of nitrogens with one attached hydrogen (secondary N) is 3. The summed E-state index contributed by atoms with van der Waals surface area (Å²) in [4.78, 5) is 37.5. The maximum Gasteiger partial charge on any atom is 0.225 e. The summed E-state index contributed by atoms with van der Waals surface area (Å²) in [5.41, 5.74) is 0.474. The molecule has 3 fully saturated rings. The highest BCUT2D eigenvalue weighted by Gasteiger charge is 2.38. The van der Waals surface area contributed by atoms with Gasteiger partial charge in [-0.25, -0.2) is 0 Å². The van der Waals surface area contributed by atoms with E-state index in [1.807, 2.05) is 0 Å². The first-order chi connectivity index (χ1) is 12.5. The van der Waals surface area contributed by atoms with Crippen molar-refractivity contribution in [2.45, 2.75) is 44.9 Å². The minimum absolute atomic E-state index is 0.0160. The van der Waals surface area contributed by atoms with Gasteiger partial charge in [0.1, 0.15) is 0 Å². The van der Waals surface area contributed by atoms with Crippen molar-refractivity contribution in [1.82, 2.24) is 20.9 Å². The van der Waals surface area contributed by atoms with Gasteiger partial charge in [-0.3, -0.25) is 14.4 Å². The summed E-state index contributed by atoms with van der Waals surface area (Å²) < 4.78 is 0. The van der Waals surface area contributed by atoms with Crippen molar-refractivity contribution in [2.24, 2.45) is 17.3 Å². The van der Waals surface area contributed by atoms with Crippen LogP contribution in [-0.4, -0.2) is 62.4 Å². The van der Waals surface area contributed by atoms with Crippen LogP contribution in [0.1, 0.15) is 44.9 Å². The van der Waals surface area contributed by atoms with Gasteiger partial charge in [0.15, 0.2) is 0 Å². The van der Waals surface area contributed by atoms with Crippen LogP contribution in [-0.2, 0) is 14.4 Å². The molecular weight excluding hydrogens is 332 g/mol. The van der Waals surface area contributed by atoms with Gasteiger partial charge < -0.3 is 20.9 Å². The van der Waals surface area contributed by atoms with Crippen LogP contribution in [0.25, 0.3) is 0 Å². The molecule has 2 aliphatic heterocycles. The molecular formula is C19H32N4O3. The Morgan fingerprint density at radius 3 is 2.15 bits per heavy atom. The molecule has 146 valence electrons. The van der Waals surface area contributed by atoms with Crippen LogP contribution in [0.2, 0.25) is 0 Å². The summed E-state index contributed by atoms with van der Waals surface area (Å²) in [6, 6.07) is 0. The molecule has 3 N–H and O–H groups in total. The number of hydrogen-bond donors (Lipinski definition) is 3. The molecule has 2 saturated heterocycles. The first-order valence-corrected chi connectivity index (χ1v) is 9.99. The zero-order valence-corrected chi connectivity index (χ0v) is 15.8. The quantitative estimate of drug-likeness (QED) is 0.610. The second-order valence-electron chi connectivity index (χ2n) is 8.28. The average Bonchev–Trinajstić information content (AvgIpc) is 2.99. The Hall–Kier alpha value is -1.63. The predicted octanol–water partition coefficient (Wildman–Crippen LogP) is 0.257. The van der Waals surface area contributed by atoms with Crippen molar-refractivity contribution >= 4 is 17.7 Å². The molecule has 7 heteroatoms. The van der Waals surface area contributed by atoms with E-state index >= 15 is 0 Å². The molecule has 1 atom stereocenters. The Morgan fingerprint density at radius 2 is 1.62 bits per heavy atom. The highest BCUT2D eigenvalue weighted by molar-refractivity contribution is 5.89. The summed E-state index contributed by atoms with van der Waals surface area (Å²) in [6.07, 6.45) is 7.05. The predicted molar refractivity (Wildman–Crippen MR) is 98.3 cm³/mol. The van der Waals surface area contributed by atoms with Gasteiger partial charge in [-0.15, -0.1) is 0 Å². The topological polar surface area (TPSA) is 90.5 Å². The van der Waals surface area contributed by atoms with Crippen molar-refractivity contribution in [2.75, 3.05) is 39.8 Å². The summed E-state index contributed by atoms with van der Waals surface area (Å²) in [5, 5.41) is 9.22. The molecule has 0 radical (unpaired) electrons. The molecule has 2 heterocycles. The molecule has 3 aliphatic rings. The SMILES string of the molecule is CN1CC(C(=O)NCCNC(=O)C2CCC3(CCNCC3)CC2)CC1=O. The van der Waals surface area contributed by atoms with Gasteiger partial charge in [0, 0.05) is 39.0 Å². The molecule has 0 aromatic rings. The Labute approximate surface area is 155 Å². The molecule has 1 spiro atoms. The fourth-order valence-electron chi connectivity index (χ4n) is 4.65. The Morgan fingerprint density at radius 1 is 1.04 bits per heavy atom. The van der Waals surface area contributed by atoms with Gasteiger partial charge in [-0.2, -0.15) is 0 Å². The standard InChI is InChI=1S/C19H32N4O3/c1-23-13-15(12-16(23)24)18(26)22-11-10-21-17(25)14-2-4-19(5-3-14)6-8-20-9-7-19/h14-15,20H,2-13H2,1H3,(H,21,25)(H,22,26). The van der Waals surface area contributed by atoms with E-state index in [1.165, 1.54) is 12.8 Å². The van der Waals surface area contributed by atoms with E-state index in [2.05, 4.69) is 16.0 Å². The van der Waals surface area contributed by atoms with Crippen molar-refractivity contribution < 1.29 is 14.4 Å². The van der Waals surface area contributed by atoms with Crippen molar-refractivity contribution in [3.63, 3.8) is 0 Å². The molecule has 3 amide bonds. The number of likely N-dealkylation sites (tertiary alicyclic amines) is 1. The average molecular weight is 364 g/mol. The normalized spacial score (nSPS) is 26.1. The first-order valence-electron chi connectivity index (χ1n) is 9.99. The van der Waals surface area contributed by atoms with E-state index in [4.69, 9.17) is 0 Å². The number of rotatable bonds is 5. The zero-order valence-electron chi connectivity index (χ0n) is 15.8. The largest absolute Gasteiger partial charge is 0.354 e. The maximum atomic E-state index is 12.4. The third-order valence-corrected chi connectivity index (χ3v) is 6.52. The van der Waals surface area contributed by atoms with E-state index in [0.717, 1.165) is 38.8 Å². The maximum absolute atomic E-state index is 12.4. The van der Waals surface area contributed by atoms with Gasteiger partial charge in [0.25, 0.3) is 0 Å². The summed E-state index contributed by atoms with van der Waals surface area (Å²) >= 11 is 0. The molecule has 26 heavy (non-hydrogen) atoms. The first kappa shape index (κ1) is 19.1. The highest BCUT2D eigenvalue weighted by atomic mass is 16.2. The lowest BCUT2D eigenvalue weighted by Crippen LogP contribution is -2.43. The smallest absolute Gasteiger partial charge is 0.225 e. The monoisotopic (exact) mass is 364 g/mol. The van der Waals surface area contributed by atoms with Crippen molar-refractivity contribution in [1.29, 1.82) is 0 Å². The molecule has 0 aromatic heterocycles. The number of amides is 3. The molecule has 1 unspecified atom stereocenters. The van der Waals surface area contributed by atoms with Gasteiger partial charge in [-0.1, -0.05) is 0 Å². The van der Waals surface area contributed by atoms with Crippen LogP contribution in [0.3, 0.4) is 0 Å². The Kier molecular flexibility index (Phi) is 6.16. The van der Waals surface area contributed by atoms with Crippen molar-refractivity contribution in [3.8, 4) is 0 Å². The summed E-state index contributed by atoms with van der Waals surface area (Å²) in [5.74, 6) is -0.0985. The second kappa shape index (κ2) is 8.37.